The first kappa shape index (κ1) is 28.9. The van der Waals surface area contributed by atoms with Crippen LogP contribution in [-0.4, -0.2) is 86.5 Å². The number of rotatable bonds is 14. The standard InChI is InChI=1S/C24H49N3O3/c1-12-26(21(28)19(2)3)15-23(6,7)17-30-18-24(8,9)16-27(14-13-25(10)11)22(29)20(4)5/h19-20H,12-18H2,1-11H3. The number of carbonyl (C=O) groups excluding carboxylic acids is 2. The molecule has 0 aliphatic rings. The molecule has 6 heteroatoms. The molecule has 0 unspecified atom stereocenters. The summed E-state index contributed by atoms with van der Waals surface area (Å²) in [5.41, 5.74) is -0.278. The monoisotopic (exact) mass is 427 g/mol. The summed E-state index contributed by atoms with van der Waals surface area (Å²) >= 11 is 0. The van der Waals surface area contributed by atoms with Crippen LogP contribution in [0.2, 0.25) is 0 Å². The average Bonchev–Trinajstić information content (AvgIpc) is 2.61. The maximum absolute atomic E-state index is 12.7. The molecule has 0 aromatic carbocycles. The SMILES string of the molecule is CCN(CC(C)(C)COCC(C)(C)CN(CCN(C)C)C(=O)C(C)C)C(=O)C(C)C. The third kappa shape index (κ3) is 11.3. The molecule has 178 valence electrons. The highest BCUT2D eigenvalue weighted by Gasteiger charge is 2.29. The van der Waals surface area contributed by atoms with Crippen molar-refractivity contribution in [2.45, 2.75) is 62.3 Å². The van der Waals surface area contributed by atoms with Crippen LogP contribution in [0.4, 0.5) is 0 Å². The Bertz CT molecular complexity index is 528. The van der Waals surface area contributed by atoms with Gasteiger partial charge in [-0.15, -0.1) is 0 Å². The lowest BCUT2D eigenvalue weighted by atomic mass is 9.91. The fourth-order valence-electron chi connectivity index (χ4n) is 3.39. The minimum Gasteiger partial charge on any atom is -0.380 e. The first-order chi connectivity index (χ1) is 13.6. The van der Waals surface area contributed by atoms with E-state index in [-0.39, 0.29) is 34.5 Å². The number of ether oxygens (including phenoxy) is 1. The number of likely N-dealkylation sites (N-methyl/N-ethyl adjacent to an activating group) is 1. The van der Waals surface area contributed by atoms with Crippen molar-refractivity contribution in [3.63, 3.8) is 0 Å². The minimum atomic E-state index is -0.148. The van der Waals surface area contributed by atoms with Crippen molar-refractivity contribution >= 4 is 11.8 Å². The minimum absolute atomic E-state index is 0.00671. The zero-order valence-corrected chi connectivity index (χ0v) is 21.7. The number of hydrogen-bond acceptors (Lipinski definition) is 4. The Morgan fingerprint density at radius 1 is 0.767 bits per heavy atom. The van der Waals surface area contributed by atoms with Gasteiger partial charge in [-0.2, -0.15) is 0 Å². The van der Waals surface area contributed by atoms with Gasteiger partial charge in [0.05, 0.1) is 13.2 Å². The van der Waals surface area contributed by atoms with Gasteiger partial charge in [-0.05, 0) is 21.0 Å². The Kier molecular flexibility index (Phi) is 12.2. The van der Waals surface area contributed by atoms with Crippen molar-refractivity contribution in [1.82, 2.24) is 14.7 Å². The van der Waals surface area contributed by atoms with Crippen LogP contribution in [0.3, 0.4) is 0 Å². The lowest BCUT2D eigenvalue weighted by Gasteiger charge is -2.36. The van der Waals surface area contributed by atoms with Crippen LogP contribution in [0, 0.1) is 22.7 Å². The van der Waals surface area contributed by atoms with Crippen LogP contribution < -0.4 is 0 Å². The summed E-state index contributed by atoms with van der Waals surface area (Å²) in [7, 11) is 4.05. The molecule has 0 aromatic rings. The average molecular weight is 428 g/mol. The smallest absolute Gasteiger partial charge is 0.225 e. The van der Waals surface area contributed by atoms with Gasteiger partial charge in [0.2, 0.25) is 11.8 Å². The Balaban J connectivity index is 4.86. The summed E-state index contributed by atoms with van der Waals surface area (Å²) in [6.07, 6.45) is 0. The second-order valence-corrected chi connectivity index (χ2v) is 11.0. The third-order valence-corrected chi connectivity index (χ3v) is 5.03. The fraction of sp³-hybridized carbons (Fsp3) is 0.917. The van der Waals surface area contributed by atoms with Crippen LogP contribution in [-0.2, 0) is 14.3 Å². The van der Waals surface area contributed by atoms with Gasteiger partial charge in [0, 0.05) is 55.4 Å². The van der Waals surface area contributed by atoms with Crippen molar-refractivity contribution in [2.75, 3.05) is 60.0 Å². The number of nitrogens with zero attached hydrogens (tertiary/aromatic N) is 3. The first-order valence-corrected chi connectivity index (χ1v) is 11.4. The first-order valence-electron chi connectivity index (χ1n) is 11.4. The second-order valence-electron chi connectivity index (χ2n) is 11.0. The van der Waals surface area contributed by atoms with Crippen LogP contribution >= 0.6 is 0 Å². The van der Waals surface area contributed by atoms with Gasteiger partial charge >= 0.3 is 0 Å². The van der Waals surface area contributed by atoms with E-state index < -0.39 is 0 Å². The molecule has 0 aromatic heterocycles. The van der Waals surface area contributed by atoms with Gasteiger partial charge in [-0.1, -0.05) is 55.4 Å². The van der Waals surface area contributed by atoms with Gasteiger partial charge in [0.15, 0.2) is 0 Å². The predicted octanol–water partition coefficient (Wildman–Crippen LogP) is 3.61. The topological polar surface area (TPSA) is 53.1 Å². The van der Waals surface area contributed by atoms with Crippen LogP contribution in [0.15, 0.2) is 0 Å². The lowest BCUT2D eigenvalue weighted by Crippen LogP contribution is -2.46. The molecule has 30 heavy (non-hydrogen) atoms. The Morgan fingerprint density at radius 3 is 1.53 bits per heavy atom. The lowest BCUT2D eigenvalue weighted by molar-refractivity contribution is -0.137. The summed E-state index contributed by atoms with van der Waals surface area (Å²) in [5, 5.41) is 0. The molecule has 6 nitrogen and oxygen atoms in total. The van der Waals surface area contributed by atoms with Crippen molar-refractivity contribution in [1.29, 1.82) is 0 Å². The molecule has 0 atom stereocenters. The van der Waals surface area contributed by atoms with Crippen LogP contribution in [0.5, 0.6) is 0 Å². The molecule has 0 rings (SSSR count). The fourth-order valence-corrected chi connectivity index (χ4v) is 3.39. The predicted molar refractivity (Wildman–Crippen MR) is 125 cm³/mol. The molecule has 0 saturated carbocycles. The molecular formula is C24H49N3O3. The summed E-state index contributed by atoms with van der Waals surface area (Å²) in [5.74, 6) is 0.374. The summed E-state index contributed by atoms with van der Waals surface area (Å²) in [6, 6.07) is 0. The van der Waals surface area contributed by atoms with Gasteiger partial charge in [-0.3, -0.25) is 9.59 Å². The molecular weight excluding hydrogens is 378 g/mol. The highest BCUT2D eigenvalue weighted by Crippen LogP contribution is 2.23. The number of amides is 2. The molecule has 0 spiro atoms. The highest BCUT2D eigenvalue weighted by molar-refractivity contribution is 5.78. The normalized spacial score (nSPS) is 12.7. The van der Waals surface area contributed by atoms with Crippen molar-refractivity contribution in [3.8, 4) is 0 Å². The maximum Gasteiger partial charge on any atom is 0.225 e. The molecule has 0 heterocycles. The number of carbonyl (C=O) groups is 2. The molecule has 0 aliphatic carbocycles. The highest BCUT2D eigenvalue weighted by atomic mass is 16.5. The van der Waals surface area contributed by atoms with E-state index in [9.17, 15) is 9.59 Å². The zero-order valence-electron chi connectivity index (χ0n) is 21.7. The molecule has 0 saturated heterocycles. The molecule has 0 radical (unpaired) electrons. The van der Waals surface area contributed by atoms with Crippen molar-refractivity contribution in [3.05, 3.63) is 0 Å². The third-order valence-electron chi connectivity index (χ3n) is 5.03. The van der Waals surface area contributed by atoms with Gasteiger partial charge in [0.1, 0.15) is 0 Å². The van der Waals surface area contributed by atoms with Crippen molar-refractivity contribution in [2.24, 2.45) is 22.7 Å². The number of hydrogen-bond donors (Lipinski definition) is 0. The molecule has 0 fully saturated rings. The van der Waals surface area contributed by atoms with Crippen LogP contribution in [0.1, 0.15) is 62.3 Å². The molecule has 2 amide bonds. The van der Waals surface area contributed by atoms with E-state index in [2.05, 4.69) is 32.6 Å². The summed E-state index contributed by atoms with van der Waals surface area (Å²) < 4.78 is 6.13. The van der Waals surface area contributed by atoms with E-state index in [0.717, 1.165) is 13.1 Å². The second kappa shape index (κ2) is 12.7. The zero-order chi connectivity index (χ0) is 23.7. The molecule has 0 aliphatic heterocycles. The Labute approximate surface area is 186 Å². The largest absolute Gasteiger partial charge is 0.380 e. The quantitative estimate of drug-likeness (QED) is 0.425. The van der Waals surface area contributed by atoms with Gasteiger partial charge in [0.25, 0.3) is 0 Å². The van der Waals surface area contributed by atoms with E-state index in [0.29, 0.717) is 32.8 Å². The van der Waals surface area contributed by atoms with Gasteiger partial charge in [-0.25, -0.2) is 0 Å². The Hall–Kier alpha value is -1.14. The maximum atomic E-state index is 12.7. The molecule has 0 N–H and O–H groups in total. The van der Waals surface area contributed by atoms with Crippen molar-refractivity contribution < 1.29 is 14.3 Å². The van der Waals surface area contributed by atoms with E-state index in [1.54, 1.807) is 0 Å². The molecule has 0 bridgehead atoms. The van der Waals surface area contributed by atoms with E-state index in [1.807, 2.05) is 58.5 Å². The van der Waals surface area contributed by atoms with Gasteiger partial charge < -0.3 is 19.4 Å². The summed E-state index contributed by atoms with van der Waals surface area (Å²) in [4.78, 5) is 31.0. The Morgan fingerprint density at radius 2 is 1.17 bits per heavy atom. The van der Waals surface area contributed by atoms with Crippen LogP contribution in [0.25, 0.3) is 0 Å². The van der Waals surface area contributed by atoms with E-state index in [4.69, 9.17) is 4.74 Å². The van der Waals surface area contributed by atoms with E-state index in [1.165, 1.54) is 0 Å². The summed E-state index contributed by atoms with van der Waals surface area (Å²) in [6.45, 7) is 23.2. The van der Waals surface area contributed by atoms with E-state index >= 15 is 0 Å².